The topological polar surface area (TPSA) is 102 Å². The van der Waals surface area contributed by atoms with E-state index in [1.165, 1.54) is 6.07 Å². The summed E-state index contributed by atoms with van der Waals surface area (Å²) in [5, 5.41) is 5.13. The van der Waals surface area contributed by atoms with E-state index in [0.29, 0.717) is 44.7 Å². The van der Waals surface area contributed by atoms with E-state index in [-0.39, 0.29) is 23.9 Å². The van der Waals surface area contributed by atoms with Crippen LogP contribution in [0.3, 0.4) is 0 Å². The van der Waals surface area contributed by atoms with Gasteiger partial charge in [-0.25, -0.2) is 0 Å². The van der Waals surface area contributed by atoms with Crippen molar-refractivity contribution >= 4 is 23.6 Å². The van der Waals surface area contributed by atoms with Crippen molar-refractivity contribution in [2.75, 3.05) is 45.8 Å². The number of rotatable bonds is 7. The fourth-order valence-corrected chi connectivity index (χ4v) is 4.71. The summed E-state index contributed by atoms with van der Waals surface area (Å²) in [4.78, 5) is 55.6. The molecule has 0 aromatic heterocycles. The minimum Gasteiger partial charge on any atom is -0.343 e. The molecule has 2 heterocycles. The van der Waals surface area contributed by atoms with Gasteiger partial charge in [0.2, 0.25) is 11.8 Å². The van der Waals surface area contributed by atoms with Crippen LogP contribution in [0.4, 0.5) is 13.2 Å². The summed E-state index contributed by atoms with van der Waals surface area (Å²) in [6, 6.07) is 13.0. The molecule has 0 aliphatic carbocycles. The molecular formula is C27H30F3N5O4. The Morgan fingerprint density at radius 2 is 1.51 bits per heavy atom. The highest BCUT2D eigenvalue weighted by atomic mass is 19.4. The van der Waals surface area contributed by atoms with Gasteiger partial charge in [-0.1, -0.05) is 24.3 Å². The van der Waals surface area contributed by atoms with Crippen LogP contribution < -0.4 is 10.6 Å². The summed E-state index contributed by atoms with van der Waals surface area (Å²) >= 11 is 0. The number of nitrogens with zero attached hydrogens (tertiary/aromatic N) is 3. The van der Waals surface area contributed by atoms with Crippen LogP contribution in [0.1, 0.15) is 39.1 Å². The number of halogens is 3. The molecule has 4 rings (SSSR count). The van der Waals surface area contributed by atoms with Gasteiger partial charge in [0.25, 0.3) is 11.8 Å². The number of hydrogen-bond donors (Lipinski definition) is 2. The number of likely N-dealkylation sites (tertiary alicyclic amines) is 1. The van der Waals surface area contributed by atoms with Gasteiger partial charge >= 0.3 is 6.18 Å². The highest BCUT2D eigenvalue weighted by molar-refractivity contribution is 5.96. The van der Waals surface area contributed by atoms with E-state index >= 15 is 0 Å². The molecule has 9 nitrogen and oxygen atoms in total. The molecule has 0 bridgehead atoms. The van der Waals surface area contributed by atoms with Gasteiger partial charge in [-0.3, -0.25) is 24.1 Å². The Labute approximate surface area is 223 Å². The van der Waals surface area contributed by atoms with Gasteiger partial charge < -0.3 is 20.4 Å². The lowest BCUT2D eigenvalue weighted by Crippen LogP contribution is -2.54. The molecule has 0 spiro atoms. The normalized spacial score (nSPS) is 18.1. The van der Waals surface area contributed by atoms with Crippen LogP contribution in [0.15, 0.2) is 54.6 Å². The average molecular weight is 546 g/mol. The molecule has 208 valence electrons. The molecule has 1 atom stereocenters. The first-order chi connectivity index (χ1) is 18.6. The standard InChI is InChI=1S/C27H30F3N5O4/c28-27(29,30)21-9-4-8-20(16-21)25(38)31-17-23(36)32-22-10-5-11-35(22)18-24(37)33-12-14-34(15-13-33)26(39)19-6-2-1-3-7-19/h1-4,6-9,16,22H,5,10-15,17-18H2,(H,31,38)(H,32,36). The summed E-state index contributed by atoms with van der Waals surface area (Å²) in [7, 11) is 0. The van der Waals surface area contributed by atoms with Crippen LogP contribution in [-0.2, 0) is 15.8 Å². The fraction of sp³-hybridized carbons (Fsp3) is 0.407. The lowest BCUT2D eigenvalue weighted by atomic mass is 10.1. The summed E-state index contributed by atoms with van der Waals surface area (Å²) in [5.41, 5.74) is -0.537. The summed E-state index contributed by atoms with van der Waals surface area (Å²) in [5.74, 6) is -1.46. The zero-order valence-electron chi connectivity index (χ0n) is 21.2. The van der Waals surface area contributed by atoms with Gasteiger partial charge in [0.1, 0.15) is 0 Å². The molecule has 0 radical (unpaired) electrons. The minimum atomic E-state index is -4.58. The van der Waals surface area contributed by atoms with Crippen molar-refractivity contribution in [3.05, 3.63) is 71.3 Å². The van der Waals surface area contributed by atoms with E-state index in [4.69, 9.17) is 0 Å². The van der Waals surface area contributed by atoms with Crippen molar-refractivity contribution in [3.63, 3.8) is 0 Å². The third-order valence-electron chi connectivity index (χ3n) is 6.83. The second-order valence-corrected chi connectivity index (χ2v) is 9.50. The van der Waals surface area contributed by atoms with E-state index in [1.54, 1.807) is 21.9 Å². The second kappa shape index (κ2) is 12.3. The van der Waals surface area contributed by atoms with Crippen molar-refractivity contribution in [1.29, 1.82) is 0 Å². The number of carbonyl (C=O) groups is 4. The number of benzene rings is 2. The van der Waals surface area contributed by atoms with Crippen LogP contribution >= 0.6 is 0 Å². The number of alkyl halides is 3. The molecule has 2 aliphatic heterocycles. The molecule has 2 fully saturated rings. The van der Waals surface area contributed by atoms with E-state index in [1.807, 2.05) is 23.1 Å². The number of piperazine rings is 1. The van der Waals surface area contributed by atoms with Crippen molar-refractivity contribution in [1.82, 2.24) is 25.3 Å². The Bertz CT molecular complexity index is 1200. The van der Waals surface area contributed by atoms with Gasteiger partial charge in [0, 0.05) is 43.9 Å². The summed E-state index contributed by atoms with van der Waals surface area (Å²) in [6.07, 6.45) is -3.58. The molecule has 0 saturated carbocycles. The molecule has 12 heteroatoms. The monoisotopic (exact) mass is 545 g/mol. The molecular weight excluding hydrogens is 515 g/mol. The predicted molar refractivity (Wildman–Crippen MR) is 135 cm³/mol. The van der Waals surface area contributed by atoms with Gasteiger partial charge in [-0.15, -0.1) is 0 Å². The zero-order valence-corrected chi connectivity index (χ0v) is 21.2. The second-order valence-electron chi connectivity index (χ2n) is 9.50. The Morgan fingerprint density at radius 1 is 0.846 bits per heavy atom. The number of amides is 4. The first-order valence-electron chi connectivity index (χ1n) is 12.7. The van der Waals surface area contributed by atoms with Gasteiger partial charge in [0.15, 0.2) is 0 Å². The number of carbonyl (C=O) groups excluding carboxylic acids is 4. The maximum Gasteiger partial charge on any atom is 0.416 e. The molecule has 1 unspecified atom stereocenters. The van der Waals surface area contributed by atoms with E-state index < -0.39 is 36.3 Å². The summed E-state index contributed by atoms with van der Waals surface area (Å²) in [6.45, 7) is 2.02. The van der Waals surface area contributed by atoms with Gasteiger partial charge in [-0.05, 0) is 43.2 Å². The molecule has 2 aromatic rings. The maximum atomic E-state index is 12.9. The van der Waals surface area contributed by atoms with Crippen LogP contribution in [-0.4, -0.2) is 90.3 Å². The van der Waals surface area contributed by atoms with Crippen LogP contribution in [0.5, 0.6) is 0 Å². The first-order valence-corrected chi connectivity index (χ1v) is 12.7. The van der Waals surface area contributed by atoms with Gasteiger partial charge in [-0.2, -0.15) is 13.2 Å². The maximum absolute atomic E-state index is 12.9. The van der Waals surface area contributed by atoms with Crippen LogP contribution in [0.25, 0.3) is 0 Å². The fourth-order valence-electron chi connectivity index (χ4n) is 4.71. The summed E-state index contributed by atoms with van der Waals surface area (Å²) < 4.78 is 38.7. The van der Waals surface area contributed by atoms with Crippen molar-refractivity contribution in [3.8, 4) is 0 Å². The van der Waals surface area contributed by atoms with Crippen molar-refractivity contribution in [2.45, 2.75) is 25.2 Å². The smallest absolute Gasteiger partial charge is 0.343 e. The lowest BCUT2D eigenvalue weighted by molar-refractivity contribution is -0.137. The number of hydrogen-bond acceptors (Lipinski definition) is 5. The average Bonchev–Trinajstić information content (AvgIpc) is 3.37. The Morgan fingerprint density at radius 3 is 2.21 bits per heavy atom. The third kappa shape index (κ3) is 7.34. The van der Waals surface area contributed by atoms with Gasteiger partial charge in [0.05, 0.1) is 24.8 Å². The molecule has 2 N–H and O–H groups in total. The SMILES string of the molecule is O=C(CNC(=O)c1cccc(C(F)(F)F)c1)NC1CCCN1CC(=O)N1CCN(C(=O)c2ccccc2)CC1. The van der Waals surface area contributed by atoms with E-state index in [2.05, 4.69) is 10.6 Å². The zero-order chi connectivity index (χ0) is 28.0. The third-order valence-corrected chi connectivity index (χ3v) is 6.83. The van der Waals surface area contributed by atoms with Crippen LogP contribution in [0.2, 0.25) is 0 Å². The van der Waals surface area contributed by atoms with Crippen molar-refractivity contribution in [2.24, 2.45) is 0 Å². The largest absolute Gasteiger partial charge is 0.416 e. The van der Waals surface area contributed by atoms with Crippen molar-refractivity contribution < 1.29 is 32.3 Å². The highest BCUT2D eigenvalue weighted by Crippen LogP contribution is 2.29. The van der Waals surface area contributed by atoms with Crippen LogP contribution in [0, 0.1) is 0 Å². The number of nitrogens with one attached hydrogen (secondary N) is 2. The molecule has 2 aromatic carbocycles. The first kappa shape index (κ1) is 28.1. The molecule has 2 aliphatic rings. The predicted octanol–water partition coefficient (Wildman–Crippen LogP) is 1.96. The molecule has 39 heavy (non-hydrogen) atoms. The quantitative estimate of drug-likeness (QED) is 0.554. The molecule has 2 saturated heterocycles. The Balaban J connectivity index is 1.22. The minimum absolute atomic E-state index is 0.0647. The Hall–Kier alpha value is -3.93. The molecule has 4 amide bonds. The highest BCUT2D eigenvalue weighted by Gasteiger charge is 2.32. The lowest BCUT2D eigenvalue weighted by Gasteiger charge is -2.36. The Kier molecular flexibility index (Phi) is 8.85. The van der Waals surface area contributed by atoms with E-state index in [0.717, 1.165) is 24.6 Å². The van der Waals surface area contributed by atoms with E-state index in [9.17, 15) is 32.3 Å².